The monoisotopic (exact) mass is 178 g/mol. The summed E-state index contributed by atoms with van der Waals surface area (Å²) in [4.78, 5) is 13.6. The Balaban J connectivity index is 2.81. The number of alkyl halides is 3. The van der Waals surface area contributed by atoms with Crippen LogP contribution in [0.4, 0.5) is 13.2 Å². The summed E-state index contributed by atoms with van der Waals surface area (Å²) in [5.41, 5.74) is -0.0766. The van der Waals surface area contributed by atoms with Crippen LogP contribution in [0.15, 0.2) is 12.5 Å². The van der Waals surface area contributed by atoms with E-state index in [2.05, 4.69) is 4.98 Å². The fraction of sp³-hybridized carbons (Fsp3) is 0.333. The van der Waals surface area contributed by atoms with E-state index in [1.807, 2.05) is 0 Å². The lowest BCUT2D eigenvalue weighted by Crippen LogP contribution is -2.18. The van der Waals surface area contributed by atoms with Crippen LogP contribution in [0.5, 0.6) is 0 Å². The van der Waals surface area contributed by atoms with E-state index in [4.69, 9.17) is 0 Å². The average molecular weight is 178 g/mol. The summed E-state index contributed by atoms with van der Waals surface area (Å²) < 4.78 is 36.1. The summed E-state index contributed by atoms with van der Waals surface area (Å²) >= 11 is 0. The quantitative estimate of drug-likeness (QED) is 0.639. The molecule has 0 spiro atoms. The van der Waals surface area contributed by atoms with Gasteiger partial charge in [0.2, 0.25) is 0 Å². The Bertz CT molecular complexity index is 279. The highest BCUT2D eigenvalue weighted by atomic mass is 19.4. The molecule has 0 atom stereocenters. The van der Waals surface area contributed by atoms with Gasteiger partial charge in [0.25, 0.3) is 0 Å². The Kier molecular flexibility index (Phi) is 2.16. The van der Waals surface area contributed by atoms with Crippen LogP contribution in [0.2, 0.25) is 0 Å². The first-order valence-electron chi connectivity index (χ1n) is 3.05. The number of carbonyl (C=O) groups is 1. The van der Waals surface area contributed by atoms with Crippen molar-refractivity contribution in [3.05, 3.63) is 18.2 Å². The summed E-state index contributed by atoms with van der Waals surface area (Å²) in [6.45, 7) is -1.18. The second-order valence-electron chi connectivity index (χ2n) is 2.18. The van der Waals surface area contributed by atoms with Crippen LogP contribution in [-0.2, 0) is 6.54 Å². The van der Waals surface area contributed by atoms with Crippen molar-refractivity contribution in [3.8, 4) is 0 Å². The van der Waals surface area contributed by atoms with Crippen LogP contribution >= 0.6 is 0 Å². The van der Waals surface area contributed by atoms with Crippen LogP contribution in [0.25, 0.3) is 0 Å². The van der Waals surface area contributed by atoms with Gasteiger partial charge in [0.05, 0.1) is 12.5 Å². The fourth-order valence-corrected chi connectivity index (χ4v) is 0.754. The molecular formula is C6H5F3N2O. The lowest BCUT2D eigenvalue weighted by Gasteiger charge is -2.07. The summed E-state index contributed by atoms with van der Waals surface area (Å²) in [6.07, 6.45) is -1.94. The number of hydrogen-bond donors (Lipinski definition) is 0. The Morgan fingerprint density at radius 2 is 2.25 bits per heavy atom. The molecule has 0 aromatic carbocycles. The van der Waals surface area contributed by atoms with Crippen LogP contribution in [-0.4, -0.2) is 22.0 Å². The lowest BCUT2D eigenvalue weighted by atomic mass is 10.5. The number of rotatable bonds is 2. The van der Waals surface area contributed by atoms with E-state index in [1.54, 1.807) is 0 Å². The van der Waals surface area contributed by atoms with Crippen LogP contribution < -0.4 is 0 Å². The minimum atomic E-state index is -4.32. The van der Waals surface area contributed by atoms with Crippen LogP contribution in [0, 0.1) is 0 Å². The maximum Gasteiger partial charge on any atom is 0.406 e. The molecule has 1 aromatic heterocycles. The van der Waals surface area contributed by atoms with Crippen molar-refractivity contribution in [2.24, 2.45) is 0 Å². The molecule has 0 amide bonds. The smallest absolute Gasteiger partial charge is 0.319 e. The zero-order valence-corrected chi connectivity index (χ0v) is 5.88. The Labute approximate surface area is 65.8 Å². The van der Waals surface area contributed by atoms with E-state index in [0.717, 1.165) is 17.1 Å². The maximum absolute atomic E-state index is 11.8. The standard InChI is InChI=1S/C6H5F3N2O/c7-6(8,9)3-11-4-10-1-5(11)2-12/h1-2,4H,3H2. The van der Waals surface area contributed by atoms with Gasteiger partial charge in [-0.3, -0.25) is 4.79 Å². The van der Waals surface area contributed by atoms with Gasteiger partial charge in [0.15, 0.2) is 6.29 Å². The second-order valence-corrected chi connectivity index (χ2v) is 2.18. The number of hydrogen-bond acceptors (Lipinski definition) is 2. The third-order valence-corrected chi connectivity index (χ3v) is 1.21. The highest BCUT2D eigenvalue weighted by molar-refractivity contribution is 5.71. The van der Waals surface area contributed by atoms with Crippen molar-refractivity contribution < 1.29 is 18.0 Å². The van der Waals surface area contributed by atoms with Crippen molar-refractivity contribution >= 4 is 6.29 Å². The molecule has 0 saturated carbocycles. The number of halogens is 3. The highest BCUT2D eigenvalue weighted by Gasteiger charge is 2.28. The number of carbonyl (C=O) groups excluding carboxylic acids is 1. The summed E-state index contributed by atoms with van der Waals surface area (Å²) in [5.74, 6) is 0. The Hall–Kier alpha value is -1.33. The van der Waals surface area contributed by atoms with Gasteiger partial charge in [-0.2, -0.15) is 13.2 Å². The van der Waals surface area contributed by atoms with E-state index in [1.165, 1.54) is 0 Å². The minimum absolute atomic E-state index is 0.0766. The molecule has 0 aliphatic carbocycles. The molecular weight excluding hydrogens is 173 g/mol. The van der Waals surface area contributed by atoms with Crippen molar-refractivity contribution in [1.82, 2.24) is 9.55 Å². The highest BCUT2D eigenvalue weighted by Crippen LogP contribution is 2.17. The second kappa shape index (κ2) is 2.96. The number of nitrogens with zero attached hydrogens (tertiary/aromatic N) is 2. The Morgan fingerprint density at radius 1 is 1.58 bits per heavy atom. The van der Waals surface area contributed by atoms with Gasteiger partial charge in [0, 0.05) is 0 Å². The van der Waals surface area contributed by atoms with Crippen molar-refractivity contribution in [3.63, 3.8) is 0 Å². The van der Waals surface area contributed by atoms with E-state index < -0.39 is 12.7 Å². The van der Waals surface area contributed by atoms with Gasteiger partial charge in [-0.1, -0.05) is 0 Å². The molecule has 1 rings (SSSR count). The average Bonchev–Trinajstić information content (AvgIpc) is 2.31. The van der Waals surface area contributed by atoms with Crippen LogP contribution in [0.3, 0.4) is 0 Å². The first-order valence-corrected chi connectivity index (χ1v) is 3.05. The van der Waals surface area contributed by atoms with Crippen LogP contribution in [0.1, 0.15) is 10.5 Å². The van der Waals surface area contributed by atoms with Crippen molar-refractivity contribution in [1.29, 1.82) is 0 Å². The van der Waals surface area contributed by atoms with E-state index in [0.29, 0.717) is 6.29 Å². The molecule has 6 heteroatoms. The van der Waals surface area contributed by atoms with Gasteiger partial charge in [-0.05, 0) is 0 Å². The number of imidazole rings is 1. The number of aldehydes is 1. The van der Waals surface area contributed by atoms with Crippen molar-refractivity contribution in [2.45, 2.75) is 12.7 Å². The zero-order valence-electron chi connectivity index (χ0n) is 5.88. The van der Waals surface area contributed by atoms with Gasteiger partial charge in [0.1, 0.15) is 12.2 Å². The van der Waals surface area contributed by atoms with Crippen molar-refractivity contribution in [2.75, 3.05) is 0 Å². The predicted molar refractivity (Wildman–Crippen MR) is 33.7 cm³/mol. The topological polar surface area (TPSA) is 34.9 Å². The SMILES string of the molecule is O=Cc1cncn1CC(F)(F)F. The molecule has 0 N–H and O–H groups in total. The molecule has 0 fully saturated rings. The van der Waals surface area contributed by atoms with E-state index in [9.17, 15) is 18.0 Å². The third-order valence-electron chi connectivity index (χ3n) is 1.21. The molecule has 0 unspecified atom stereocenters. The predicted octanol–water partition coefficient (Wildman–Crippen LogP) is 1.26. The normalized spacial score (nSPS) is 11.6. The number of aromatic nitrogens is 2. The molecule has 12 heavy (non-hydrogen) atoms. The van der Waals surface area contributed by atoms with Gasteiger partial charge < -0.3 is 4.57 Å². The largest absolute Gasteiger partial charge is 0.406 e. The maximum atomic E-state index is 11.8. The third kappa shape index (κ3) is 2.08. The lowest BCUT2D eigenvalue weighted by molar-refractivity contribution is -0.140. The molecule has 0 bridgehead atoms. The fourth-order valence-electron chi connectivity index (χ4n) is 0.754. The first-order chi connectivity index (χ1) is 5.53. The molecule has 1 aromatic rings. The van der Waals surface area contributed by atoms with Gasteiger partial charge in [-0.15, -0.1) is 0 Å². The van der Waals surface area contributed by atoms with Gasteiger partial charge in [-0.25, -0.2) is 4.98 Å². The molecule has 0 radical (unpaired) electrons. The van der Waals surface area contributed by atoms with Gasteiger partial charge >= 0.3 is 6.18 Å². The summed E-state index contributed by atoms with van der Waals surface area (Å²) in [5, 5.41) is 0. The Morgan fingerprint density at radius 3 is 2.75 bits per heavy atom. The molecule has 0 saturated heterocycles. The van der Waals surface area contributed by atoms with E-state index >= 15 is 0 Å². The molecule has 3 nitrogen and oxygen atoms in total. The molecule has 0 aliphatic heterocycles. The minimum Gasteiger partial charge on any atom is -0.319 e. The molecule has 66 valence electrons. The molecule has 1 heterocycles. The van der Waals surface area contributed by atoms with E-state index in [-0.39, 0.29) is 5.69 Å². The summed E-state index contributed by atoms with van der Waals surface area (Å²) in [6, 6.07) is 0. The zero-order chi connectivity index (χ0) is 9.19. The first kappa shape index (κ1) is 8.76. The summed E-state index contributed by atoms with van der Waals surface area (Å²) in [7, 11) is 0. The molecule has 0 aliphatic rings.